The third-order valence-electron chi connectivity index (χ3n) is 3.62. The highest BCUT2D eigenvalue weighted by atomic mass is 16.5. The summed E-state index contributed by atoms with van der Waals surface area (Å²) >= 11 is 0. The number of likely N-dealkylation sites (tertiary alicyclic amines) is 1. The van der Waals surface area contributed by atoms with E-state index in [1.165, 1.54) is 12.8 Å². The van der Waals surface area contributed by atoms with Gasteiger partial charge < -0.3 is 20.1 Å². The first-order chi connectivity index (χ1) is 10.3. The third kappa shape index (κ3) is 5.76. The molecule has 1 heterocycles. The van der Waals surface area contributed by atoms with Gasteiger partial charge >= 0.3 is 0 Å². The molecule has 0 aliphatic carbocycles. The molecule has 4 heteroatoms. The van der Waals surface area contributed by atoms with Gasteiger partial charge in [-0.3, -0.25) is 0 Å². The number of benzene rings is 1. The van der Waals surface area contributed by atoms with Crippen LogP contribution in [-0.4, -0.2) is 48.9 Å². The van der Waals surface area contributed by atoms with Gasteiger partial charge in [-0.05, 0) is 43.6 Å². The van der Waals surface area contributed by atoms with Crippen molar-refractivity contribution >= 4 is 0 Å². The predicted molar refractivity (Wildman–Crippen MR) is 84.2 cm³/mol. The van der Waals surface area contributed by atoms with Gasteiger partial charge in [-0.25, -0.2) is 0 Å². The van der Waals surface area contributed by atoms with Crippen LogP contribution in [-0.2, 0) is 6.54 Å². The second-order valence-electron chi connectivity index (χ2n) is 5.43. The Morgan fingerprint density at radius 2 is 2.00 bits per heavy atom. The van der Waals surface area contributed by atoms with E-state index in [1.807, 2.05) is 24.3 Å². The molecule has 0 bridgehead atoms. The molecule has 1 fully saturated rings. The van der Waals surface area contributed by atoms with Crippen LogP contribution in [0.1, 0.15) is 18.4 Å². The van der Waals surface area contributed by atoms with Crippen LogP contribution in [0.5, 0.6) is 5.75 Å². The topological polar surface area (TPSA) is 44.7 Å². The van der Waals surface area contributed by atoms with Crippen LogP contribution in [0.4, 0.5) is 0 Å². The lowest BCUT2D eigenvalue weighted by Gasteiger charge is -2.19. The lowest BCUT2D eigenvalue weighted by atomic mass is 10.2. The maximum atomic E-state index is 9.99. The summed E-state index contributed by atoms with van der Waals surface area (Å²) in [6.45, 7) is 4.66. The van der Waals surface area contributed by atoms with Crippen molar-refractivity contribution in [2.45, 2.75) is 25.5 Å². The summed E-state index contributed by atoms with van der Waals surface area (Å²) in [6, 6.07) is 7.83. The van der Waals surface area contributed by atoms with Crippen LogP contribution < -0.4 is 10.1 Å². The molecule has 21 heavy (non-hydrogen) atoms. The zero-order valence-electron chi connectivity index (χ0n) is 12.4. The van der Waals surface area contributed by atoms with Gasteiger partial charge in [0.15, 0.2) is 0 Å². The number of hydrogen-bond donors (Lipinski definition) is 2. The molecule has 0 amide bonds. The number of hydrogen-bond acceptors (Lipinski definition) is 4. The van der Waals surface area contributed by atoms with Gasteiger partial charge in [-0.2, -0.15) is 0 Å². The number of aliphatic hydroxyl groups is 1. The van der Waals surface area contributed by atoms with E-state index in [1.54, 1.807) is 0 Å². The van der Waals surface area contributed by atoms with Crippen LogP contribution in [0, 0.1) is 12.3 Å². The maximum absolute atomic E-state index is 9.99. The van der Waals surface area contributed by atoms with E-state index in [9.17, 15) is 5.11 Å². The highest BCUT2D eigenvalue weighted by Gasteiger charge is 2.15. The molecule has 0 saturated carbocycles. The van der Waals surface area contributed by atoms with E-state index < -0.39 is 0 Å². The smallest absolute Gasteiger partial charge is 0.148 e. The number of ether oxygens (including phenoxy) is 1. The van der Waals surface area contributed by atoms with Crippen molar-refractivity contribution in [3.8, 4) is 18.1 Å². The number of rotatable bonds is 8. The minimum atomic E-state index is -0.304. The Morgan fingerprint density at radius 3 is 2.67 bits per heavy atom. The standard InChI is InChI=1S/C17H24N2O2/c1-2-11-21-17-7-5-15(6-8-17)12-18-13-16(20)14-19-9-3-4-10-19/h1,5-8,16,18,20H,3-4,9-14H2. The van der Waals surface area contributed by atoms with E-state index in [0.29, 0.717) is 13.2 Å². The molecule has 0 radical (unpaired) electrons. The van der Waals surface area contributed by atoms with Crippen molar-refractivity contribution in [2.24, 2.45) is 0 Å². The van der Waals surface area contributed by atoms with Gasteiger partial charge in [0.05, 0.1) is 6.10 Å². The van der Waals surface area contributed by atoms with Crippen LogP contribution in [0.3, 0.4) is 0 Å². The van der Waals surface area contributed by atoms with Crippen molar-refractivity contribution in [3.05, 3.63) is 29.8 Å². The van der Waals surface area contributed by atoms with Crippen molar-refractivity contribution in [1.82, 2.24) is 10.2 Å². The first-order valence-electron chi connectivity index (χ1n) is 7.54. The summed E-state index contributed by atoms with van der Waals surface area (Å²) in [6.07, 6.45) is 7.36. The minimum absolute atomic E-state index is 0.292. The number of terminal acetylenes is 1. The third-order valence-corrected chi connectivity index (χ3v) is 3.62. The number of aliphatic hydroxyl groups excluding tert-OH is 1. The second kappa shape index (κ2) is 8.68. The van der Waals surface area contributed by atoms with Crippen molar-refractivity contribution in [3.63, 3.8) is 0 Å². The molecule has 1 unspecified atom stereocenters. The summed E-state index contributed by atoms with van der Waals surface area (Å²) in [4.78, 5) is 2.32. The summed E-state index contributed by atoms with van der Waals surface area (Å²) in [5, 5.41) is 13.3. The first kappa shape index (κ1) is 15.8. The maximum Gasteiger partial charge on any atom is 0.148 e. The lowest BCUT2D eigenvalue weighted by molar-refractivity contribution is 0.123. The molecule has 0 aromatic heterocycles. The van der Waals surface area contributed by atoms with E-state index in [4.69, 9.17) is 11.2 Å². The largest absolute Gasteiger partial charge is 0.481 e. The summed E-state index contributed by atoms with van der Waals surface area (Å²) in [5.74, 6) is 3.22. The van der Waals surface area contributed by atoms with E-state index in [0.717, 1.165) is 37.5 Å². The number of β-amino-alcohol motifs (C(OH)–C–C–N with tert-alkyl or cyclic N) is 1. The molecule has 2 N–H and O–H groups in total. The van der Waals surface area contributed by atoms with E-state index in [2.05, 4.69) is 16.1 Å². The lowest BCUT2D eigenvalue weighted by Crippen LogP contribution is -2.36. The van der Waals surface area contributed by atoms with E-state index >= 15 is 0 Å². The Hall–Kier alpha value is -1.54. The average Bonchev–Trinajstić information content (AvgIpc) is 2.99. The van der Waals surface area contributed by atoms with Crippen molar-refractivity contribution in [1.29, 1.82) is 0 Å². The van der Waals surface area contributed by atoms with Crippen LogP contribution in [0.15, 0.2) is 24.3 Å². The number of nitrogens with one attached hydrogen (secondary N) is 1. The van der Waals surface area contributed by atoms with Crippen molar-refractivity contribution in [2.75, 3.05) is 32.8 Å². The Bertz CT molecular complexity index is 447. The van der Waals surface area contributed by atoms with Crippen LogP contribution in [0.2, 0.25) is 0 Å². The molecule has 1 saturated heterocycles. The summed E-state index contributed by atoms with van der Waals surface area (Å²) < 4.78 is 5.33. The Morgan fingerprint density at radius 1 is 1.29 bits per heavy atom. The SMILES string of the molecule is C#CCOc1ccc(CNCC(O)CN2CCCC2)cc1. The van der Waals surface area contributed by atoms with Gasteiger partial charge in [0.25, 0.3) is 0 Å². The summed E-state index contributed by atoms with van der Waals surface area (Å²) in [5.41, 5.74) is 1.16. The molecule has 1 aromatic carbocycles. The van der Waals surface area contributed by atoms with Gasteiger partial charge in [-0.15, -0.1) is 6.42 Å². The molecule has 2 rings (SSSR count). The monoisotopic (exact) mass is 288 g/mol. The first-order valence-corrected chi connectivity index (χ1v) is 7.54. The Labute approximate surface area is 127 Å². The van der Waals surface area contributed by atoms with Crippen LogP contribution in [0.25, 0.3) is 0 Å². The zero-order chi connectivity index (χ0) is 14.9. The fourth-order valence-electron chi connectivity index (χ4n) is 2.54. The molecular formula is C17H24N2O2. The fraction of sp³-hybridized carbons (Fsp3) is 0.529. The van der Waals surface area contributed by atoms with Gasteiger partial charge in [0.1, 0.15) is 12.4 Å². The molecule has 1 aliphatic rings. The minimum Gasteiger partial charge on any atom is -0.481 e. The fourth-order valence-corrected chi connectivity index (χ4v) is 2.54. The Balaban J connectivity index is 1.64. The quantitative estimate of drug-likeness (QED) is 0.707. The normalized spacial score (nSPS) is 16.6. The average molecular weight is 288 g/mol. The predicted octanol–water partition coefficient (Wildman–Crippen LogP) is 1.24. The van der Waals surface area contributed by atoms with Gasteiger partial charge in [0, 0.05) is 19.6 Å². The van der Waals surface area contributed by atoms with Gasteiger partial charge in [0.2, 0.25) is 0 Å². The molecule has 1 aromatic rings. The highest BCUT2D eigenvalue weighted by molar-refractivity contribution is 5.27. The molecule has 114 valence electrons. The molecule has 4 nitrogen and oxygen atoms in total. The molecule has 1 aliphatic heterocycles. The van der Waals surface area contributed by atoms with Gasteiger partial charge in [-0.1, -0.05) is 18.1 Å². The summed E-state index contributed by atoms with van der Waals surface area (Å²) in [7, 11) is 0. The number of nitrogens with zero attached hydrogens (tertiary/aromatic N) is 1. The zero-order valence-corrected chi connectivity index (χ0v) is 12.4. The second-order valence-corrected chi connectivity index (χ2v) is 5.43. The highest BCUT2D eigenvalue weighted by Crippen LogP contribution is 2.12. The molecule has 0 spiro atoms. The van der Waals surface area contributed by atoms with Crippen molar-refractivity contribution < 1.29 is 9.84 Å². The van der Waals surface area contributed by atoms with Crippen LogP contribution >= 0.6 is 0 Å². The molecular weight excluding hydrogens is 264 g/mol. The Kier molecular flexibility index (Phi) is 6.55. The molecule has 1 atom stereocenters. The van der Waals surface area contributed by atoms with E-state index in [-0.39, 0.29) is 6.10 Å².